The Kier molecular flexibility index (Phi) is 5.75. The second kappa shape index (κ2) is 8.22. The van der Waals surface area contributed by atoms with Gasteiger partial charge in [0.2, 0.25) is 0 Å². The molecule has 27 heavy (non-hydrogen) atoms. The van der Waals surface area contributed by atoms with Gasteiger partial charge in [0, 0.05) is 12.2 Å². The van der Waals surface area contributed by atoms with E-state index in [1.807, 2.05) is 26.0 Å². The molecular formula is C19H19BrN4O3. The Balaban J connectivity index is 1.57. The molecule has 3 rings (SSSR count). The highest BCUT2D eigenvalue weighted by atomic mass is 79.9. The van der Waals surface area contributed by atoms with Gasteiger partial charge in [-0.05, 0) is 51.7 Å². The minimum atomic E-state index is -0.314. The number of hydrogen-bond acceptors (Lipinski definition) is 4. The predicted octanol–water partition coefficient (Wildman–Crippen LogP) is 4.07. The number of halogens is 1. The van der Waals surface area contributed by atoms with Crippen LogP contribution in [0.3, 0.4) is 0 Å². The third-order valence-electron chi connectivity index (χ3n) is 3.93. The van der Waals surface area contributed by atoms with Gasteiger partial charge in [0.25, 0.3) is 11.8 Å². The topological polar surface area (TPSA) is 100 Å². The van der Waals surface area contributed by atoms with Crippen molar-refractivity contribution in [2.45, 2.75) is 26.3 Å². The fourth-order valence-corrected chi connectivity index (χ4v) is 3.26. The zero-order valence-corrected chi connectivity index (χ0v) is 16.5. The largest absolute Gasteiger partial charge is 0.459 e. The van der Waals surface area contributed by atoms with Crippen LogP contribution in [-0.2, 0) is 6.54 Å². The van der Waals surface area contributed by atoms with Crippen molar-refractivity contribution in [3.05, 3.63) is 69.8 Å². The summed E-state index contributed by atoms with van der Waals surface area (Å²) in [6.07, 6.45) is 1.45. The van der Waals surface area contributed by atoms with Crippen LogP contribution in [0.5, 0.6) is 0 Å². The van der Waals surface area contributed by atoms with Crippen molar-refractivity contribution < 1.29 is 14.0 Å². The molecule has 0 bridgehead atoms. The number of H-pyrrole nitrogens is 1. The molecule has 0 fully saturated rings. The molecule has 3 N–H and O–H groups in total. The first-order valence-electron chi connectivity index (χ1n) is 8.41. The van der Waals surface area contributed by atoms with Gasteiger partial charge < -0.3 is 15.1 Å². The number of aromatic amines is 1. The van der Waals surface area contributed by atoms with E-state index in [1.165, 1.54) is 6.26 Å². The van der Waals surface area contributed by atoms with Crippen molar-refractivity contribution in [1.82, 2.24) is 15.5 Å². The fraction of sp³-hybridized carbons (Fsp3) is 0.211. The zero-order valence-electron chi connectivity index (χ0n) is 14.9. The van der Waals surface area contributed by atoms with Gasteiger partial charge in [-0.3, -0.25) is 14.7 Å². The standard InChI is InChI=1S/C19H19BrN4O3/c1-11(2)16-15(20)17(24-23-16)19(26)21-10-12-5-7-13(8-6-12)22-18(25)14-4-3-9-27-14/h3-9,11H,10H2,1-2H3,(H,21,26)(H,22,25)(H,23,24). The summed E-state index contributed by atoms with van der Waals surface area (Å²) in [4.78, 5) is 24.3. The van der Waals surface area contributed by atoms with Crippen molar-refractivity contribution in [2.24, 2.45) is 0 Å². The number of rotatable bonds is 6. The number of carbonyl (C=O) groups is 2. The summed E-state index contributed by atoms with van der Waals surface area (Å²) < 4.78 is 5.74. The zero-order chi connectivity index (χ0) is 19.4. The van der Waals surface area contributed by atoms with Gasteiger partial charge in [0.1, 0.15) is 0 Å². The Hall–Kier alpha value is -2.87. The van der Waals surface area contributed by atoms with Gasteiger partial charge in [-0.15, -0.1) is 0 Å². The molecule has 0 spiro atoms. The average Bonchev–Trinajstić information content (AvgIpc) is 3.30. The van der Waals surface area contributed by atoms with Crippen molar-refractivity contribution in [1.29, 1.82) is 0 Å². The quantitative estimate of drug-likeness (QED) is 0.548. The van der Waals surface area contributed by atoms with Crippen LogP contribution in [0.4, 0.5) is 5.69 Å². The Morgan fingerprint density at radius 1 is 1.19 bits per heavy atom. The molecule has 0 aliphatic rings. The lowest BCUT2D eigenvalue weighted by Crippen LogP contribution is -2.23. The number of furan rings is 1. The van der Waals surface area contributed by atoms with Crippen LogP contribution in [0, 0.1) is 0 Å². The van der Waals surface area contributed by atoms with Gasteiger partial charge >= 0.3 is 0 Å². The maximum atomic E-state index is 12.3. The van der Waals surface area contributed by atoms with E-state index in [9.17, 15) is 9.59 Å². The highest BCUT2D eigenvalue weighted by molar-refractivity contribution is 9.10. The van der Waals surface area contributed by atoms with E-state index in [2.05, 4.69) is 36.8 Å². The van der Waals surface area contributed by atoms with Gasteiger partial charge in [0.05, 0.1) is 16.4 Å². The SMILES string of the molecule is CC(C)c1[nH]nc(C(=O)NCc2ccc(NC(=O)c3ccco3)cc2)c1Br. The molecule has 3 aromatic rings. The number of aromatic nitrogens is 2. The predicted molar refractivity (Wildman–Crippen MR) is 105 cm³/mol. The van der Waals surface area contributed by atoms with Gasteiger partial charge in [-0.2, -0.15) is 5.10 Å². The highest BCUT2D eigenvalue weighted by Crippen LogP contribution is 2.25. The molecular weight excluding hydrogens is 412 g/mol. The van der Waals surface area contributed by atoms with Crippen molar-refractivity contribution in [2.75, 3.05) is 5.32 Å². The first-order chi connectivity index (χ1) is 13.0. The second-order valence-electron chi connectivity index (χ2n) is 6.27. The van der Waals surface area contributed by atoms with E-state index >= 15 is 0 Å². The molecule has 1 aromatic carbocycles. The maximum Gasteiger partial charge on any atom is 0.291 e. The molecule has 0 aliphatic heterocycles. The summed E-state index contributed by atoms with van der Waals surface area (Å²) in [6, 6.07) is 10.4. The maximum absolute atomic E-state index is 12.3. The molecule has 0 radical (unpaired) electrons. The lowest BCUT2D eigenvalue weighted by Gasteiger charge is -2.07. The number of hydrogen-bond donors (Lipinski definition) is 3. The van der Waals surface area contributed by atoms with Crippen LogP contribution in [0.1, 0.15) is 52.1 Å². The fourth-order valence-electron chi connectivity index (χ4n) is 2.45. The van der Waals surface area contributed by atoms with Crippen LogP contribution < -0.4 is 10.6 Å². The molecule has 2 amide bonds. The van der Waals surface area contributed by atoms with Gasteiger partial charge in [0.15, 0.2) is 11.5 Å². The van der Waals surface area contributed by atoms with E-state index in [1.54, 1.807) is 24.3 Å². The van der Waals surface area contributed by atoms with E-state index < -0.39 is 0 Å². The van der Waals surface area contributed by atoms with E-state index in [0.717, 1.165) is 11.3 Å². The normalized spacial score (nSPS) is 10.8. The molecule has 0 saturated carbocycles. The Morgan fingerprint density at radius 2 is 1.93 bits per heavy atom. The van der Waals surface area contributed by atoms with Gasteiger partial charge in [-0.25, -0.2) is 0 Å². The highest BCUT2D eigenvalue weighted by Gasteiger charge is 2.19. The Morgan fingerprint density at radius 3 is 2.52 bits per heavy atom. The molecule has 2 heterocycles. The lowest BCUT2D eigenvalue weighted by atomic mass is 10.1. The van der Waals surface area contributed by atoms with Crippen LogP contribution >= 0.6 is 15.9 Å². The van der Waals surface area contributed by atoms with Crippen LogP contribution in [0.25, 0.3) is 0 Å². The molecule has 2 aromatic heterocycles. The molecule has 0 saturated heterocycles. The molecule has 0 atom stereocenters. The van der Waals surface area contributed by atoms with Crippen LogP contribution in [0.2, 0.25) is 0 Å². The summed E-state index contributed by atoms with van der Waals surface area (Å²) in [6.45, 7) is 4.39. The number of anilines is 1. The van der Waals surface area contributed by atoms with E-state index in [0.29, 0.717) is 22.4 Å². The average molecular weight is 431 g/mol. The number of carbonyl (C=O) groups excluding carboxylic acids is 2. The summed E-state index contributed by atoms with van der Waals surface area (Å²) in [5.41, 5.74) is 2.76. The van der Waals surface area contributed by atoms with Crippen molar-refractivity contribution in [3.63, 3.8) is 0 Å². The number of nitrogens with zero attached hydrogens (tertiary/aromatic N) is 1. The van der Waals surface area contributed by atoms with Crippen molar-refractivity contribution in [3.8, 4) is 0 Å². The third-order valence-corrected chi connectivity index (χ3v) is 4.74. The molecule has 8 heteroatoms. The van der Waals surface area contributed by atoms with Crippen LogP contribution in [-0.4, -0.2) is 22.0 Å². The van der Waals surface area contributed by atoms with Crippen LogP contribution in [0.15, 0.2) is 51.6 Å². The molecule has 0 unspecified atom stereocenters. The van der Waals surface area contributed by atoms with Crippen molar-refractivity contribution >= 4 is 33.4 Å². The number of benzene rings is 1. The monoisotopic (exact) mass is 430 g/mol. The summed E-state index contributed by atoms with van der Waals surface area (Å²) >= 11 is 3.42. The number of nitrogens with one attached hydrogen (secondary N) is 3. The summed E-state index contributed by atoms with van der Waals surface area (Å²) in [5.74, 6) is -0.0975. The molecule has 0 aliphatic carbocycles. The lowest BCUT2D eigenvalue weighted by molar-refractivity contribution is 0.0944. The van der Waals surface area contributed by atoms with E-state index in [-0.39, 0.29) is 23.5 Å². The first kappa shape index (κ1) is 18.9. The summed E-state index contributed by atoms with van der Waals surface area (Å²) in [5, 5.41) is 12.5. The third kappa shape index (κ3) is 4.46. The molecule has 7 nitrogen and oxygen atoms in total. The second-order valence-corrected chi connectivity index (χ2v) is 7.06. The first-order valence-corrected chi connectivity index (χ1v) is 9.20. The van der Waals surface area contributed by atoms with Gasteiger partial charge in [-0.1, -0.05) is 26.0 Å². The Labute approximate surface area is 164 Å². The minimum absolute atomic E-state index is 0.234. The minimum Gasteiger partial charge on any atom is -0.459 e. The molecule has 140 valence electrons. The Bertz CT molecular complexity index is 931. The summed E-state index contributed by atoms with van der Waals surface area (Å²) in [7, 11) is 0. The smallest absolute Gasteiger partial charge is 0.291 e. The number of amides is 2. The van der Waals surface area contributed by atoms with E-state index in [4.69, 9.17) is 4.42 Å².